The Bertz CT molecular complexity index is 627. The van der Waals surface area contributed by atoms with Crippen LogP contribution in [0.1, 0.15) is 20.8 Å². The van der Waals surface area contributed by atoms with Crippen LogP contribution >= 0.6 is 11.8 Å². The van der Waals surface area contributed by atoms with Crippen LogP contribution in [0.3, 0.4) is 0 Å². The molecule has 2 aromatic rings. The molecule has 0 spiro atoms. The normalized spacial score (nSPS) is 13.2. The number of pyridine rings is 1. The van der Waals surface area contributed by atoms with Crippen molar-refractivity contribution in [2.45, 2.75) is 37.6 Å². The SMILES string of the molecule is CC(C)(C)OC(CSc1cccc2nccn12)N=C=O. The topological polar surface area (TPSA) is 56.0 Å². The number of isocyanates is 1. The first-order chi connectivity index (χ1) is 9.49. The Kier molecular flexibility index (Phi) is 4.60. The molecule has 1 unspecified atom stereocenters. The van der Waals surface area contributed by atoms with E-state index in [4.69, 9.17) is 4.74 Å². The highest BCUT2D eigenvalue weighted by atomic mass is 32.2. The van der Waals surface area contributed by atoms with Gasteiger partial charge in [-0.15, -0.1) is 11.8 Å². The molecule has 0 amide bonds. The summed E-state index contributed by atoms with van der Waals surface area (Å²) in [4.78, 5) is 18.4. The van der Waals surface area contributed by atoms with Gasteiger partial charge in [-0.05, 0) is 32.9 Å². The van der Waals surface area contributed by atoms with Gasteiger partial charge in [0.25, 0.3) is 0 Å². The lowest BCUT2D eigenvalue weighted by Gasteiger charge is -2.23. The molecule has 0 saturated heterocycles. The van der Waals surface area contributed by atoms with Crippen molar-refractivity contribution < 1.29 is 9.53 Å². The number of aliphatic imine (C=N–C) groups is 1. The van der Waals surface area contributed by atoms with Crippen molar-refractivity contribution in [2.24, 2.45) is 4.99 Å². The minimum absolute atomic E-state index is 0.355. The first-order valence-corrected chi connectivity index (χ1v) is 7.28. The summed E-state index contributed by atoms with van der Waals surface area (Å²) in [5.74, 6) is 0.545. The van der Waals surface area contributed by atoms with Gasteiger partial charge in [0, 0.05) is 18.1 Å². The van der Waals surface area contributed by atoms with Crippen molar-refractivity contribution in [3.05, 3.63) is 30.6 Å². The van der Waals surface area contributed by atoms with Crippen LogP contribution in [0.5, 0.6) is 0 Å². The molecule has 2 aromatic heterocycles. The third-order valence-corrected chi connectivity index (χ3v) is 3.53. The van der Waals surface area contributed by atoms with Crippen LogP contribution in [0.15, 0.2) is 40.6 Å². The molecule has 20 heavy (non-hydrogen) atoms. The molecule has 1 atom stereocenters. The molecule has 0 radical (unpaired) electrons. The molecule has 0 aliphatic carbocycles. The lowest BCUT2D eigenvalue weighted by molar-refractivity contribution is -0.0445. The average molecular weight is 291 g/mol. The van der Waals surface area contributed by atoms with Crippen LogP contribution in [0, 0.1) is 0 Å². The van der Waals surface area contributed by atoms with E-state index in [1.54, 1.807) is 24.0 Å². The van der Waals surface area contributed by atoms with Gasteiger partial charge in [-0.3, -0.25) is 4.40 Å². The van der Waals surface area contributed by atoms with Gasteiger partial charge in [0.2, 0.25) is 6.08 Å². The Balaban J connectivity index is 2.09. The quantitative estimate of drug-likeness (QED) is 0.483. The Labute approximate surface area is 122 Å². The van der Waals surface area contributed by atoms with E-state index in [1.165, 1.54) is 0 Å². The summed E-state index contributed by atoms with van der Waals surface area (Å²) in [6, 6.07) is 5.89. The maximum atomic E-state index is 10.5. The minimum Gasteiger partial charge on any atom is -0.349 e. The molecule has 0 saturated carbocycles. The monoisotopic (exact) mass is 291 g/mol. The molecule has 2 rings (SSSR count). The maximum absolute atomic E-state index is 10.5. The molecule has 0 bridgehead atoms. The zero-order chi connectivity index (χ0) is 14.6. The number of ether oxygens (including phenoxy) is 1. The molecular formula is C14H17N3O2S. The van der Waals surface area contributed by atoms with Crippen molar-refractivity contribution in [2.75, 3.05) is 5.75 Å². The summed E-state index contributed by atoms with van der Waals surface area (Å²) in [6.07, 6.45) is 4.73. The number of nitrogens with zero attached hydrogens (tertiary/aromatic N) is 3. The van der Waals surface area contributed by atoms with Crippen LogP contribution in [0.2, 0.25) is 0 Å². The molecule has 0 aromatic carbocycles. The number of imidazole rings is 1. The number of aromatic nitrogens is 2. The Morgan fingerprint density at radius 1 is 1.50 bits per heavy atom. The first-order valence-electron chi connectivity index (χ1n) is 6.29. The van der Waals surface area contributed by atoms with E-state index < -0.39 is 6.23 Å². The zero-order valence-electron chi connectivity index (χ0n) is 11.7. The summed E-state index contributed by atoms with van der Waals surface area (Å²) < 4.78 is 7.71. The molecule has 0 fully saturated rings. The largest absolute Gasteiger partial charge is 0.349 e. The zero-order valence-corrected chi connectivity index (χ0v) is 12.6. The van der Waals surface area contributed by atoms with Crippen LogP contribution in [-0.2, 0) is 9.53 Å². The highest BCUT2D eigenvalue weighted by Gasteiger charge is 2.18. The first kappa shape index (κ1) is 14.8. The lowest BCUT2D eigenvalue weighted by atomic mass is 10.2. The summed E-state index contributed by atoms with van der Waals surface area (Å²) in [5, 5.41) is 1.03. The smallest absolute Gasteiger partial charge is 0.237 e. The second kappa shape index (κ2) is 6.22. The van der Waals surface area contributed by atoms with Crippen molar-refractivity contribution in [1.82, 2.24) is 9.38 Å². The van der Waals surface area contributed by atoms with E-state index >= 15 is 0 Å². The second-order valence-electron chi connectivity index (χ2n) is 5.24. The fraction of sp³-hybridized carbons (Fsp3) is 0.429. The van der Waals surface area contributed by atoms with Crippen LogP contribution in [0.25, 0.3) is 5.65 Å². The molecule has 106 valence electrons. The van der Waals surface area contributed by atoms with E-state index in [2.05, 4.69) is 9.98 Å². The number of thioether (sulfide) groups is 1. The van der Waals surface area contributed by atoms with E-state index in [0.29, 0.717) is 5.75 Å². The van der Waals surface area contributed by atoms with Gasteiger partial charge in [0.15, 0.2) is 6.23 Å². The number of carbonyl (C=O) groups excluding carboxylic acids is 1. The number of fused-ring (bicyclic) bond motifs is 1. The Morgan fingerprint density at radius 3 is 3.00 bits per heavy atom. The van der Waals surface area contributed by atoms with Gasteiger partial charge in [-0.1, -0.05) is 6.07 Å². The molecule has 0 aliphatic rings. The van der Waals surface area contributed by atoms with Crippen molar-refractivity contribution in [3.8, 4) is 0 Å². The van der Waals surface area contributed by atoms with Gasteiger partial charge >= 0.3 is 0 Å². The maximum Gasteiger partial charge on any atom is 0.237 e. The van der Waals surface area contributed by atoms with Gasteiger partial charge < -0.3 is 4.74 Å². The third kappa shape index (κ3) is 3.93. The van der Waals surface area contributed by atoms with Crippen LogP contribution < -0.4 is 0 Å². The van der Waals surface area contributed by atoms with E-state index in [0.717, 1.165) is 10.7 Å². The highest BCUT2D eigenvalue weighted by Crippen LogP contribution is 2.23. The van der Waals surface area contributed by atoms with Crippen molar-refractivity contribution in [1.29, 1.82) is 0 Å². The Morgan fingerprint density at radius 2 is 2.30 bits per heavy atom. The predicted octanol–water partition coefficient (Wildman–Crippen LogP) is 2.90. The van der Waals surface area contributed by atoms with Gasteiger partial charge in [-0.2, -0.15) is 4.99 Å². The fourth-order valence-electron chi connectivity index (χ4n) is 1.76. The van der Waals surface area contributed by atoms with E-state index in [1.807, 2.05) is 49.6 Å². The van der Waals surface area contributed by atoms with E-state index in [-0.39, 0.29) is 5.60 Å². The van der Waals surface area contributed by atoms with Crippen molar-refractivity contribution in [3.63, 3.8) is 0 Å². The lowest BCUT2D eigenvalue weighted by Crippen LogP contribution is -2.27. The standard InChI is InChI=1S/C14H17N3O2S/c1-14(2,3)19-12(16-10-18)9-20-13-6-4-5-11-15-7-8-17(11)13/h4-8,12H,9H2,1-3H3. The van der Waals surface area contributed by atoms with Gasteiger partial charge in [0.05, 0.1) is 10.6 Å². The third-order valence-electron chi connectivity index (χ3n) is 2.45. The molecule has 6 heteroatoms. The predicted molar refractivity (Wildman–Crippen MR) is 78.7 cm³/mol. The minimum atomic E-state index is -0.503. The summed E-state index contributed by atoms with van der Waals surface area (Å²) in [5.41, 5.74) is 0.536. The number of rotatable bonds is 5. The average Bonchev–Trinajstić information content (AvgIpc) is 2.83. The highest BCUT2D eigenvalue weighted by molar-refractivity contribution is 7.99. The molecule has 0 N–H and O–H groups in total. The molecule has 0 aliphatic heterocycles. The van der Waals surface area contributed by atoms with E-state index in [9.17, 15) is 4.79 Å². The second-order valence-corrected chi connectivity index (χ2v) is 6.28. The number of hydrogen-bond acceptors (Lipinski definition) is 5. The van der Waals surface area contributed by atoms with Crippen LogP contribution in [-0.4, -0.2) is 33.0 Å². The van der Waals surface area contributed by atoms with Crippen molar-refractivity contribution >= 4 is 23.5 Å². The molecular weight excluding hydrogens is 274 g/mol. The van der Waals surface area contributed by atoms with Gasteiger partial charge in [-0.25, -0.2) is 9.78 Å². The summed E-state index contributed by atoms with van der Waals surface area (Å²) in [7, 11) is 0. The summed E-state index contributed by atoms with van der Waals surface area (Å²) >= 11 is 1.57. The number of hydrogen-bond donors (Lipinski definition) is 0. The molecule has 2 heterocycles. The van der Waals surface area contributed by atoms with Gasteiger partial charge in [0.1, 0.15) is 5.65 Å². The Hall–Kier alpha value is -1.62. The summed E-state index contributed by atoms with van der Waals surface area (Å²) in [6.45, 7) is 5.80. The molecule has 5 nitrogen and oxygen atoms in total. The van der Waals surface area contributed by atoms with Crippen LogP contribution in [0.4, 0.5) is 0 Å². The fourth-order valence-corrected chi connectivity index (χ4v) is 2.68.